The van der Waals surface area contributed by atoms with Gasteiger partial charge in [0.1, 0.15) is 6.61 Å². The number of ether oxygens (including phenoxy) is 1. The second kappa shape index (κ2) is 7.31. The Labute approximate surface area is 122 Å². The molecule has 2 amide bonds. The fraction of sp³-hybridized carbons (Fsp3) is 0.357. The Morgan fingerprint density at radius 1 is 1.45 bits per heavy atom. The summed E-state index contributed by atoms with van der Waals surface area (Å²) in [6, 6.07) is 7.24. The number of morpholine rings is 1. The van der Waals surface area contributed by atoms with Gasteiger partial charge in [0.15, 0.2) is 0 Å². The van der Waals surface area contributed by atoms with Gasteiger partial charge in [-0.25, -0.2) is 0 Å². The number of hydrogen-bond donors (Lipinski definition) is 1. The molecular formula is C14H17N2O3S. The minimum absolute atomic E-state index is 0.0404. The van der Waals surface area contributed by atoms with Crippen LogP contribution in [0.25, 0.3) is 0 Å². The maximum Gasteiger partial charge on any atom is 0.253 e. The lowest BCUT2D eigenvalue weighted by Crippen LogP contribution is -2.41. The van der Waals surface area contributed by atoms with Crippen LogP contribution >= 0.6 is 11.8 Å². The Balaban J connectivity index is 1.95. The van der Waals surface area contributed by atoms with Gasteiger partial charge in [-0.1, -0.05) is 0 Å². The molecule has 20 heavy (non-hydrogen) atoms. The molecule has 107 valence electrons. The van der Waals surface area contributed by atoms with E-state index in [-0.39, 0.29) is 18.4 Å². The van der Waals surface area contributed by atoms with Crippen LogP contribution in [-0.4, -0.2) is 43.6 Å². The molecule has 0 spiro atoms. The van der Waals surface area contributed by atoms with Gasteiger partial charge in [-0.05, 0) is 30.5 Å². The Bertz CT molecular complexity index is 476. The molecule has 1 aliphatic heterocycles. The van der Waals surface area contributed by atoms with E-state index in [1.54, 1.807) is 35.2 Å². The van der Waals surface area contributed by atoms with E-state index in [9.17, 15) is 9.59 Å². The second-order valence-corrected chi connectivity index (χ2v) is 5.20. The van der Waals surface area contributed by atoms with Crippen molar-refractivity contribution in [1.82, 2.24) is 0 Å². The molecular weight excluding hydrogens is 276 g/mol. The third kappa shape index (κ3) is 3.98. The molecule has 1 fully saturated rings. The first-order valence-electron chi connectivity index (χ1n) is 6.32. The van der Waals surface area contributed by atoms with E-state index in [4.69, 9.17) is 4.74 Å². The van der Waals surface area contributed by atoms with Crippen LogP contribution < -0.4 is 10.2 Å². The molecule has 1 radical (unpaired) electrons. The van der Waals surface area contributed by atoms with Crippen molar-refractivity contribution in [3.63, 3.8) is 0 Å². The molecule has 0 atom stereocenters. The number of anilines is 2. The summed E-state index contributed by atoms with van der Waals surface area (Å²) in [6.45, 7) is 1.24. The fourth-order valence-electron chi connectivity index (χ4n) is 1.87. The maximum atomic E-state index is 11.7. The number of nitrogens with zero attached hydrogens (tertiary/aromatic N) is 1. The van der Waals surface area contributed by atoms with Crippen LogP contribution in [0, 0.1) is 6.42 Å². The van der Waals surface area contributed by atoms with Crippen LogP contribution in [-0.2, 0) is 14.3 Å². The van der Waals surface area contributed by atoms with Crippen LogP contribution in [0.15, 0.2) is 24.3 Å². The van der Waals surface area contributed by atoms with E-state index >= 15 is 0 Å². The lowest BCUT2D eigenvalue weighted by molar-refractivity contribution is -0.125. The smallest absolute Gasteiger partial charge is 0.253 e. The van der Waals surface area contributed by atoms with Gasteiger partial charge < -0.3 is 15.0 Å². The zero-order valence-electron chi connectivity index (χ0n) is 11.3. The van der Waals surface area contributed by atoms with E-state index in [1.165, 1.54) is 0 Å². The van der Waals surface area contributed by atoms with Crippen molar-refractivity contribution in [3.8, 4) is 0 Å². The number of benzene rings is 1. The van der Waals surface area contributed by atoms with Crippen molar-refractivity contribution in [2.45, 2.75) is 0 Å². The molecule has 0 aromatic heterocycles. The molecule has 1 aromatic rings. The first kappa shape index (κ1) is 14.9. The highest BCUT2D eigenvalue weighted by Gasteiger charge is 2.19. The summed E-state index contributed by atoms with van der Waals surface area (Å²) in [5.41, 5.74) is 1.54. The summed E-state index contributed by atoms with van der Waals surface area (Å²) in [4.78, 5) is 24.9. The largest absolute Gasteiger partial charge is 0.370 e. The zero-order valence-corrected chi connectivity index (χ0v) is 12.1. The third-order valence-electron chi connectivity index (χ3n) is 2.87. The van der Waals surface area contributed by atoms with Crippen LogP contribution in [0.2, 0.25) is 0 Å². The SMILES string of the molecule is CSC[CH]C(=O)Nc1ccc(N2CCOCC2=O)cc1. The minimum Gasteiger partial charge on any atom is -0.370 e. The first-order chi connectivity index (χ1) is 9.70. The molecule has 1 aliphatic rings. The van der Waals surface area contributed by atoms with Crippen molar-refractivity contribution in [2.24, 2.45) is 0 Å². The lowest BCUT2D eigenvalue weighted by Gasteiger charge is -2.26. The second-order valence-electron chi connectivity index (χ2n) is 4.29. The van der Waals surface area contributed by atoms with Crippen LogP contribution in [0.3, 0.4) is 0 Å². The maximum absolute atomic E-state index is 11.7. The predicted octanol–water partition coefficient (Wildman–Crippen LogP) is 1.56. The van der Waals surface area contributed by atoms with Gasteiger partial charge in [0.25, 0.3) is 5.91 Å². The zero-order chi connectivity index (χ0) is 14.4. The summed E-state index contributed by atoms with van der Waals surface area (Å²) in [6.07, 6.45) is 3.54. The van der Waals surface area contributed by atoms with Gasteiger partial charge in [0.2, 0.25) is 5.91 Å². The Kier molecular flexibility index (Phi) is 5.43. The number of rotatable bonds is 5. The monoisotopic (exact) mass is 293 g/mol. The summed E-state index contributed by atoms with van der Waals surface area (Å²) < 4.78 is 5.09. The fourth-order valence-corrected chi connectivity index (χ4v) is 2.19. The lowest BCUT2D eigenvalue weighted by atomic mass is 10.2. The molecule has 1 saturated heterocycles. The van der Waals surface area contributed by atoms with Gasteiger partial charge in [-0.2, -0.15) is 11.8 Å². The van der Waals surface area contributed by atoms with Crippen LogP contribution in [0.5, 0.6) is 0 Å². The van der Waals surface area contributed by atoms with Crippen LogP contribution in [0.4, 0.5) is 11.4 Å². The van der Waals surface area contributed by atoms with Gasteiger partial charge in [-0.15, -0.1) is 0 Å². The highest BCUT2D eigenvalue weighted by atomic mass is 32.2. The predicted molar refractivity (Wildman–Crippen MR) is 80.9 cm³/mol. The topological polar surface area (TPSA) is 58.6 Å². The Morgan fingerprint density at radius 2 is 2.20 bits per heavy atom. The van der Waals surface area contributed by atoms with Crippen molar-refractivity contribution < 1.29 is 14.3 Å². The number of amides is 2. The molecule has 1 heterocycles. The van der Waals surface area contributed by atoms with Crippen molar-refractivity contribution in [3.05, 3.63) is 30.7 Å². The van der Waals surface area contributed by atoms with E-state index in [0.29, 0.717) is 18.9 Å². The molecule has 0 bridgehead atoms. The summed E-state index contributed by atoms with van der Waals surface area (Å²) >= 11 is 1.59. The van der Waals surface area contributed by atoms with E-state index in [1.807, 2.05) is 18.4 Å². The summed E-state index contributed by atoms with van der Waals surface area (Å²) in [5, 5.41) is 2.78. The normalized spacial score (nSPS) is 15.2. The number of hydrogen-bond acceptors (Lipinski definition) is 4. The van der Waals surface area contributed by atoms with Gasteiger partial charge >= 0.3 is 0 Å². The average Bonchev–Trinajstić information content (AvgIpc) is 2.47. The number of nitrogens with one attached hydrogen (secondary N) is 1. The molecule has 2 rings (SSSR count). The standard InChI is InChI=1S/C14H17N2O3S/c1-20-9-6-13(17)15-11-2-4-12(5-3-11)16-7-8-19-10-14(16)18/h2-6H,7-10H2,1H3,(H,15,17). The Morgan fingerprint density at radius 3 is 2.85 bits per heavy atom. The number of thioether (sulfide) groups is 1. The van der Waals surface area contributed by atoms with E-state index in [0.717, 1.165) is 11.4 Å². The van der Waals surface area contributed by atoms with Gasteiger partial charge in [0.05, 0.1) is 13.0 Å². The molecule has 1 aromatic carbocycles. The molecule has 6 heteroatoms. The number of carbonyl (C=O) groups is 2. The van der Waals surface area contributed by atoms with E-state index < -0.39 is 0 Å². The number of carbonyl (C=O) groups excluding carboxylic acids is 2. The molecule has 0 saturated carbocycles. The summed E-state index contributed by atoms with van der Waals surface area (Å²) in [7, 11) is 0. The van der Waals surface area contributed by atoms with Crippen molar-refractivity contribution >= 4 is 35.0 Å². The third-order valence-corrected chi connectivity index (χ3v) is 3.37. The molecule has 0 unspecified atom stereocenters. The minimum atomic E-state index is -0.116. The summed E-state index contributed by atoms with van der Waals surface area (Å²) in [5.74, 6) is 0.530. The van der Waals surface area contributed by atoms with Crippen LogP contribution in [0.1, 0.15) is 0 Å². The van der Waals surface area contributed by atoms with Crippen molar-refractivity contribution in [2.75, 3.05) is 42.0 Å². The highest BCUT2D eigenvalue weighted by molar-refractivity contribution is 7.98. The molecule has 5 nitrogen and oxygen atoms in total. The molecule has 0 aliphatic carbocycles. The Hall–Kier alpha value is -1.53. The quantitative estimate of drug-likeness (QED) is 0.895. The first-order valence-corrected chi connectivity index (χ1v) is 7.71. The molecule has 1 N–H and O–H groups in total. The highest BCUT2D eigenvalue weighted by Crippen LogP contribution is 2.19. The van der Waals surface area contributed by atoms with E-state index in [2.05, 4.69) is 5.32 Å². The van der Waals surface area contributed by atoms with Crippen molar-refractivity contribution in [1.29, 1.82) is 0 Å². The average molecular weight is 293 g/mol. The van der Waals surface area contributed by atoms with Gasteiger partial charge in [0, 0.05) is 23.7 Å². The van der Waals surface area contributed by atoms with Gasteiger partial charge in [-0.3, -0.25) is 9.59 Å².